The Morgan fingerprint density at radius 3 is 3.08 bits per heavy atom. The molecule has 0 bridgehead atoms. The van der Waals surface area contributed by atoms with Crippen molar-refractivity contribution in [2.45, 2.75) is 12.7 Å². The Morgan fingerprint density at radius 2 is 2.46 bits per heavy atom. The van der Waals surface area contributed by atoms with Gasteiger partial charge in [0, 0.05) is 23.8 Å². The molecule has 70 valence electrons. The molecule has 1 aliphatic heterocycles. The third-order valence-corrected chi connectivity index (χ3v) is 2.76. The van der Waals surface area contributed by atoms with Gasteiger partial charge in [0.15, 0.2) is 0 Å². The Bertz CT molecular complexity index is 289. The van der Waals surface area contributed by atoms with Gasteiger partial charge in [0.05, 0.1) is 18.4 Å². The maximum absolute atomic E-state index is 5.59. The van der Waals surface area contributed by atoms with Crippen molar-refractivity contribution >= 4 is 15.9 Å². The van der Waals surface area contributed by atoms with E-state index in [1.165, 1.54) is 0 Å². The van der Waals surface area contributed by atoms with Crippen molar-refractivity contribution in [1.29, 1.82) is 0 Å². The molecule has 13 heavy (non-hydrogen) atoms. The summed E-state index contributed by atoms with van der Waals surface area (Å²) < 4.78 is 6.61. The first kappa shape index (κ1) is 9.12. The van der Waals surface area contributed by atoms with Gasteiger partial charge in [0.25, 0.3) is 0 Å². The second kappa shape index (κ2) is 4.17. The predicted molar refractivity (Wildman–Crippen MR) is 53.4 cm³/mol. The molecule has 0 radical (unpaired) electrons. The highest BCUT2D eigenvalue weighted by atomic mass is 79.9. The molecule has 0 amide bonds. The molecule has 1 fully saturated rings. The molecule has 1 aliphatic rings. The number of rotatable bonds is 3. The minimum Gasteiger partial charge on any atom is -0.369 e. The van der Waals surface area contributed by atoms with Gasteiger partial charge in [-0.1, -0.05) is 0 Å². The van der Waals surface area contributed by atoms with Crippen molar-refractivity contribution in [3.63, 3.8) is 0 Å². The van der Waals surface area contributed by atoms with E-state index < -0.39 is 0 Å². The first-order chi connectivity index (χ1) is 6.36. The molecule has 0 spiro atoms. The largest absolute Gasteiger partial charge is 0.369 e. The number of nitrogens with one attached hydrogen (secondary N) is 1. The summed E-state index contributed by atoms with van der Waals surface area (Å²) >= 11 is 3.43. The molecule has 0 saturated carbocycles. The SMILES string of the molecule is Brc1cccnc1COC1CNC1. The van der Waals surface area contributed by atoms with Gasteiger partial charge in [-0.05, 0) is 28.1 Å². The van der Waals surface area contributed by atoms with Crippen molar-refractivity contribution in [3.05, 3.63) is 28.5 Å². The summed E-state index contributed by atoms with van der Waals surface area (Å²) in [5, 5.41) is 3.15. The van der Waals surface area contributed by atoms with E-state index in [9.17, 15) is 0 Å². The highest BCUT2D eigenvalue weighted by molar-refractivity contribution is 9.10. The lowest BCUT2D eigenvalue weighted by Crippen LogP contribution is -2.48. The minimum atomic E-state index is 0.369. The quantitative estimate of drug-likeness (QED) is 0.869. The molecule has 2 heterocycles. The fourth-order valence-corrected chi connectivity index (χ4v) is 1.47. The smallest absolute Gasteiger partial charge is 0.0904 e. The summed E-state index contributed by atoms with van der Waals surface area (Å²) in [6, 6.07) is 3.88. The van der Waals surface area contributed by atoms with E-state index in [4.69, 9.17) is 4.74 Å². The third kappa shape index (κ3) is 2.27. The van der Waals surface area contributed by atoms with Crippen LogP contribution in [0.2, 0.25) is 0 Å². The number of aromatic nitrogens is 1. The first-order valence-electron chi connectivity index (χ1n) is 4.28. The highest BCUT2D eigenvalue weighted by Crippen LogP contribution is 2.15. The van der Waals surface area contributed by atoms with Crippen molar-refractivity contribution in [2.24, 2.45) is 0 Å². The van der Waals surface area contributed by atoms with Crippen LogP contribution in [0.15, 0.2) is 22.8 Å². The molecule has 1 aromatic rings. The highest BCUT2D eigenvalue weighted by Gasteiger charge is 2.17. The lowest BCUT2D eigenvalue weighted by Gasteiger charge is -2.26. The van der Waals surface area contributed by atoms with Crippen LogP contribution in [0.1, 0.15) is 5.69 Å². The van der Waals surface area contributed by atoms with E-state index >= 15 is 0 Å². The van der Waals surface area contributed by atoms with Crippen LogP contribution in [0.5, 0.6) is 0 Å². The molecule has 0 atom stereocenters. The molecule has 2 rings (SSSR count). The maximum atomic E-state index is 5.59. The molecule has 0 aliphatic carbocycles. The Morgan fingerprint density at radius 1 is 1.62 bits per heavy atom. The fraction of sp³-hybridized carbons (Fsp3) is 0.444. The van der Waals surface area contributed by atoms with E-state index in [1.807, 2.05) is 12.1 Å². The van der Waals surface area contributed by atoms with Gasteiger partial charge in [-0.3, -0.25) is 4.98 Å². The second-order valence-electron chi connectivity index (χ2n) is 3.02. The summed E-state index contributed by atoms with van der Waals surface area (Å²) in [6.45, 7) is 2.52. The Balaban J connectivity index is 1.89. The van der Waals surface area contributed by atoms with Crippen molar-refractivity contribution in [2.75, 3.05) is 13.1 Å². The van der Waals surface area contributed by atoms with Gasteiger partial charge in [-0.15, -0.1) is 0 Å². The molecular weight excluding hydrogens is 232 g/mol. The van der Waals surface area contributed by atoms with Crippen LogP contribution in [0.3, 0.4) is 0 Å². The molecule has 1 saturated heterocycles. The van der Waals surface area contributed by atoms with E-state index in [1.54, 1.807) is 6.20 Å². The Hall–Kier alpha value is -0.450. The van der Waals surface area contributed by atoms with Gasteiger partial charge >= 0.3 is 0 Å². The van der Waals surface area contributed by atoms with E-state index in [2.05, 4.69) is 26.2 Å². The zero-order valence-corrected chi connectivity index (χ0v) is 8.75. The summed E-state index contributed by atoms with van der Waals surface area (Å²) in [5.74, 6) is 0. The lowest BCUT2D eigenvalue weighted by atomic mass is 10.2. The standard InChI is InChI=1S/C9H11BrN2O/c10-8-2-1-3-12-9(8)6-13-7-4-11-5-7/h1-3,7,11H,4-6H2. The van der Waals surface area contributed by atoms with Crippen LogP contribution in [0.4, 0.5) is 0 Å². The van der Waals surface area contributed by atoms with Crippen LogP contribution in [-0.4, -0.2) is 24.2 Å². The van der Waals surface area contributed by atoms with Crippen LogP contribution in [0, 0.1) is 0 Å². The zero-order chi connectivity index (χ0) is 9.10. The average molecular weight is 243 g/mol. The summed E-state index contributed by atoms with van der Waals surface area (Å²) in [4.78, 5) is 4.22. The van der Waals surface area contributed by atoms with Crippen LogP contribution in [0.25, 0.3) is 0 Å². The number of hydrogen-bond acceptors (Lipinski definition) is 3. The van der Waals surface area contributed by atoms with Gasteiger partial charge in [-0.2, -0.15) is 0 Å². The van der Waals surface area contributed by atoms with Gasteiger partial charge in [0.1, 0.15) is 0 Å². The fourth-order valence-electron chi connectivity index (χ4n) is 1.10. The Labute approximate surface area is 85.6 Å². The zero-order valence-electron chi connectivity index (χ0n) is 7.16. The normalized spacial score (nSPS) is 17.0. The molecule has 1 N–H and O–H groups in total. The third-order valence-electron chi connectivity index (χ3n) is 2.03. The molecular formula is C9H11BrN2O. The van der Waals surface area contributed by atoms with Crippen LogP contribution < -0.4 is 5.32 Å². The van der Waals surface area contributed by atoms with Crippen molar-refractivity contribution in [1.82, 2.24) is 10.3 Å². The molecule has 0 aromatic carbocycles. The lowest BCUT2D eigenvalue weighted by molar-refractivity contribution is 0.00578. The predicted octanol–water partition coefficient (Wildman–Crippen LogP) is 1.33. The number of pyridine rings is 1. The number of halogens is 1. The van der Waals surface area contributed by atoms with Gasteiger partial charge < -0.3 is 10.1 Å². The summed E-state index contributed by atoms with van der Waals surface area (Å²) in [7, 11) is 0. The van der Waals surface area contributed by atoms with Gasteiger partial charge in [-0.25, -0.2) is 0 Å². The summed E-state index contributed by atoms with van der Waals surface area (Å²) in [5.41, 5.74) is 0.967. The van der Waals surface area contributed by atoms with Crippen molar-refractivity contribution in [3.8, 4) is 0 Å². The molecule has 0 unspecified atom stereocenters. The van der Waals surface area contributed by atoms with Crippen LogP contribution in [-0.2, 0) is 11.3 Å². The average Bonchev–Trinajstić information content (AvgIpc) is 2.05. The molecule has 3 nitrogen and oxygen atoms in total. The number of hydrogen-bond donors (Lipinski definition) is 1. The van der Waals surface area contributed by atoms with Gasteiger partial charge in [0.2, 0.25) is 0 Å². The molecule has 4 heteroatoms. The number of nitrogens with zero attached hydrogens (tertiary/aromatic N) is 1. The second-order valence-corrected chi connectivity index (χ2v) is 3.88. The number of ether oxygens (including phenoxy) is 1. The van der Waals surface area contributed by atoms with Crippen molar-refractivity contribution < 1.29 is 4.74 Å². The van der Waals surface area contributed by atoms with E-state index in [0.29, 0.717) is 12.7 Å². The topological polar surface area (TPSA) is 34.1 Å². The monoisotopic (exact) mass is 242 g/mol. The summed E-state index contributed by atoms with van der Waals surface area (Å²) in [6.07, 6.45) is 2.15. The minimum absolute atomic E-state index is 0.369. The maximum Gasteiger partial charge on any atom is 0.0904 e. The van der Waals surface area contributed by atoms with E-state index in [0.717, 1.165) is 23.3 Å². The van der Waals surface area contributed by atoms with E-state index in [-0.39, 0.29) is 0 Å². The Kier molecular flexibility index (Phi) is 2.93. The first-order valence-corrected chi connectivity index (χ1v) is 5.07. The molecule has 1 aromatic heterocycles. The van der Waals surface area contributed by atoms with Crippen LogP contribution >= 0.6 is 15.9 Å².